The first-order valence-electron chi connectivity index (χ1n) is 12.0. The number of hydrogen-bond acceptors (Lipinski definition) is 5. The lowest BCUT2D eigenvalue weighted by Crippen LogP contribution is -2.54. The summed E-state index contributed by atoms with van der Waals surface area (Å²) in [6.45, 7) is 10.2. The van der Waals surface area contributed by atoms with E-state index in [4.69, 9.17) is 9.88 Å². The van der Waals surface area contributed by atoms with Gasteiger partial charge in [-0.05, 0) is 66.8 Å². The molecule has 10 heteroatoms. The molecule has 2 heterocycles. The number of piperazine rings is 1. The highest BCUT2D eigenvalue weighted by Crippen LogP contribution is 2.30. The number of halogens is 1. The molecule has 0 radical (unpaired) electrons. The molecule has 0 spiro atoms. The van der Waals surface area contributed by atoms with Gasteiger partial charge in [-0.15, -0.1) is 0 Å². The van der Waals surface area contributed by atoms with Crippen LogP contribution in [0.15, 0.2) is 49.1 Å². The molecule has 2 aromatic carbocycles. The van der Waals surface area contributed by atoms with Gasteiger partial charge in [0.05, 0.1) is 0 Å². The Kier molecular flexibility index (Phi) is 7.79. The summed E-state index contributed by atoms with van der Waals surface area (Å²) in [5, 5.41) is 5.34. The van der Waals surface area contributed by atoms with Crippen molar-refractivity contribution in [2.75, 3.05) is 32.7 Å². The standard InChI is InChI=1S/C26H33FN4O4S/c1-4-26(32)31-12-11-29(15-19(31)3)17-25(21-6-5-18(2)24(27)14-21)35-23-8-7-20-9-10-30(36(28,33)34)16-22(20)13-23/h4-8,13-14,19,25H,1,9-12,15-17H2,2-3H3,(H2,28,33,34)/t19-,25+/m1/s1. The van der Waals surface area contributed by atoms with Gasteiger partial charge in [-0.1, -0.05) is 24.8 Å². The van der Waals surface area contributed by atoms with Crippen LogP contribution in [-0.2, 0) is 28.0 Å². The number of fused-ring (bicyclic) bond motifs is 1. The van der Waals surface area contributed by atoms with Crippen LogP contribution in [0.1, 0.15) is 35.3 Å². The van der Waals surface area contributed by atoms with Gasteiger partial charge in [0.15, 0.2) is 0 Å². The third-order valence-electron chi connectivity index (χ3n) is 6.95. The number of hydrogen-bond donors (Lipinski definition) is 1. The predicted molar refractivity (Wildman–Crippen MR) is 136 cm³/mol. The summed E-state index contributed by atoms with van der Waals surface area (Å²) in [6.07, 6.45) is 1.44. The molecule has 0 aromatic heterocycles. The maximum atomic E-state index is 14.5. The van der Waals surface area contributed by atoms with Crippen LogP contribution in [0.2, 0.25) is 0 Å². The molecule has 0 unspecified atom stereocenters. The van der Waals surface area contributed by atoms with Gasteiger partial charge in [-0.25, -0.2) is 9.53 Å². The monoisotopic (exact) mass is 516 g/mol. The fourth-order valence-electron chi connectivity index (χ4n) is 4.86. The number of ether oxygens (including phenoxy) is 1. The van der Waals surface area contributed by atoms with Crippen molar-refractivity contribution in [1.29, 1.82) is 0 Å². The van der Waals surface area contributed by atoms with E-state index in [0.717, 1.165) is 11.1 Å². The summed E-state index contributed by atoms with van der Waals surface area (Å²) in [5.41, 5.74) is 3.16. The van der Waals surface area contributed by atoms with E-state index < -0.39 is 16.3 Å². The number of benzene rings is 2. The first-order chi connectivity index (χ1) is 17.0. The van der Waals surface area contributed by atoms with Crippen LogP contribution >= 0.6 is 0 Å². The van der Waals surface area contributed by atoms with Crippen LogP contribution in [0.5, 0.6) is 5.75 Å². The van der Waals surface area contributed by atoms with Crippen LogP contribution in [-0.4, -0.2) is 67.2 Å². The molecule has 2 aliphatic heterocycles. The Morgan fingerprint density at radius 1 is 1.22 bits per heavy atom. The Bertz CT molecular complexity index is 1250. The van der Waals surface area contributed by atoms with E-state index in [-0.39, 0.29) is 24.3 Å². The van der Waals surface area contributed by atoms with Gasteiger partial charge in [0.1, 0.15) is 17.7 Å². The van der Waals surface area contributed by atoms with Crippen molar-refractivity contribution in [1.82, 2.24) is 14.1 Å². The average molecular weight is 517 g/mol. The van der Waals surface area contributed by atoms with Crippen molar-refractivity contribution in [3.63, 3.8) is 0 Å². The first kappa shape index (κ1) is 26.3. The molecule has 8 nitrogen and oxygen atoms in total. The summed E-state index contributed by atoms with van der Waals surface area (Å²) in [6, 6.07) is 10.8. The smallest absolute Gasteiger partial charge is 0.277 e. The van der Waals surface area contributed by atoms with E-state index in [1.54, 1.807) is 17.9 Å². The number of amides is 1. The number of rotatable bonds is 7. The Balaban J connectivity index is 1.56. The van der Waals surface area contributed by atoms with E-state index in [1.165, 1.54) is 16.4 Å². The maximum Gasteiger partial charge on any atom is 0.277 e. The van der Waals surface area contributed by atoms with Gasteiger partial charge in [-0.3, -0.25) is 9.69 Å². The van der Waals surface area contributed by atoms with Gasteiger partial charge in [0.2, 0.25) is 5.91 Å². The van der Waals surface area contributed by atoms with Crippen LogP contribution in [0.3, 0.4) is 0 Å². The quantitative estimate of drug-likeness (QED) is 0.571. The number of aryl methyl sites for hydroxylation is 1. The zero-order valence-corrected chi connectivity index (χ0v) is 21.5. The molecule has 1 fully saturated rings. The van der Waals surface area contributed by atoms with E-state index in [9.17, 15) is 17.6 Å². The van der Waals surface area contributed by atoms with Crippen LogP contribution in [0.4, 0.5) is 4.39 Å². The Hall–Kier alpha value is -2.79. The number of carbonyl (C=O) groups excluding carboxylic acids is 1. The average Bonchev–Trinajstić information content (AvgIpc) is 2.84. The molecule has 0 bridgehead atoms. The molecular weight excluding hydrogens is 483 g/mol. The van der Waals surface area contributed by atoms with Gasteiger partial charge in [0, 0.05) is 45.3 Å². The molecule has 2 atom stereocenters. The summed E-state index contributed by atoms with van der Waals surface area (Å²) in [5.74, 6) is 0.188. The Morgan fingerprint density at radius 3 is 2.67 bits per heavy atom. The van der Waals surface area contributed by atoms with Crippen molar-refractivity contribution >= 4 is 16.1 Å². The molecule has 2 N–H and O–H groups in total. The summed E-state index contributed by atoms with van der Waals surface area (Å²) < 4.78 is 45.8. The lowest BCUT2D eigenvalue weighted by atomic mass is 10.0. The zero-order valence-electron chi connectivity index (χ0n) is 20.7. The van der Waals surface area contributed by atoms with E-state index >= 15 is 0 Å². The van der Waals surface area contributed by atoms with Crippen molar-refractivity contribution in [2.24, 2.45) is 5.14 Å². The van der Waals surface area contributed by atoms with Crippen molar-refractivity contribution in [3.8, 4) is 5.75 Å². The lowest BCUT2D eigenvalue weighted by molar-refractivity contribution is -0.130. The molecule has 0 saturated carbocycles. The molecule has 4 rings (SSSR count). The second-order valence-corrected chi connectivity index (χ2v) is 11.1. The largest absolute Gasteiger partial charge is 0.484 e. The topological polar surface area (TPSA) is 96.2 Å². The minimum absolute atomic E-state index is 0.00703. The molecule has 1 amide bonds. The molecule has 0 aliphatic carbocycles. The van der Waals surface area contributed by atoms with E-state index in [1.807, 2.05) is 31.2 Å². The fraction of sp³-hybridized carbons (Fsp3) is 0.423. The third-order valence-corrected chi connectivity index (χ3v) is 7.99. The van der Waals surface area contributed by atoms with Gasteiger partial charge in [0.25, 0.3) is 10.2 Å². The van der Waals surface area contributed by atoms with Gasteiger partial charge < -0.3 is 9.64 Å². The van der Waals surface area contributed by atoms with Crippen molar-refractivity contribution in [2.45, 2.75) is 39.0 Å². The van der Waals surface area contributed by atoms with Gasteiger partial charge >= 0.3 is 0 Å². The van der Waals surface area contributed by atoms with Gasteiger partial charge in [-0.2, -0.15) is 12.7 Å². The van der Waals surface area contributed by atoms with Crippen LogP contribution in [0.25, 0.3) is 0 Å². The van der Waals surface area contributed by atoms with Crippen molar-refractivity contribution < 1.29 is 22.3 Å². The highest BCUT2D eigenvalue weighted by molar-refractivity contribution is 7.86. The second kappa shape index (κ2) is 10.7. The fourth-order valence-corrected chi connectivity index (χ4v) is 5.53. The van der Waals surface area contributed by atoms with E-state index in [2.05, 4.69) is 11.5 Å². The number of nitrogens with two attached hydrogens (primary N) is 1. The molecule has 36 heavy (non-hydrogen) atoms. The Morgan fingerprint density at radius 2 is 2.00 bits per heavy atom. The number of nitrogens with zero attached hydrogens (tertiary/aromatic N) is 3. The molecule has 2 aliphatic rings. The highest BCUT2D eigenvalue weighted by Gasteiger charge is 2.29. The molecule has 1 saturated heterocycles. The van der Waals surface area contributed by atoms with Crippen LogP contribution in [0, 0.1) is 12.7 Å². The Labute approximate surface area is 212 Å². The molecular formula is C26H33FN4O4S. The molecule has 2 aromatic rings. The summed E-state index contributed by atoms with van der Waals surface area (Å²) in [7, 11) is -3.78. The molecule has 194 valence electrons. The maximum absolute atomic E-state index is 14.5. The SMILES string of the molecule is C=CC(=O)N1CCN(C[C@H](Oc2ccc3c(c2)CN(S(N)(=O)=O)CC3)c2ccc(C)c(F)c2)C[C@H]1C. The first-order valence-corrected chi connectivity index (χ1v) is 13.5. The second-order valence-electron chi connectivity index (χ2n) is 9.52. The van der Waals surface area contributed by atoms with Crippen molar-refractivity contribution in [3.05, 3.63) is 77.1 Å². The number of carbonyl (C=O) groups is 1. The lowest BCUT2D eigenvalue weighted by Gasteiger charge is -2.40. The third kappa shape index (κ3) is 5.95. The van der Waals surface area contributed by atoms with Crippen LogP contribution < -0.4 is 9.88 Å². The minimum Gasteiger partial charge on any atom is -0.484 e. The minimum atomic E-state index is -3.78. The summed E-state index contributed by atoms with van der Waals surface area (Å²) >= 11 is 0. The predicted octanol–water partition coefficient (Wildman–Crippen LogP) is 2.53. The normalized spacial score (nSPS) is 20.0. The van der Waals surface area contributed by atoms with E-state index in [0.29, 0.717) is 56.0 Å². The summed E-state index contributed by atoms with van der Waals surface area (Å²) in [4.78, 5) is 16.1. The zero-order chi connectivity index (χ0) is 26.0. The highest BCUT2D eigenvalue weighted by atomic mass is 32.2.